The summed E-state index contributed by atoms with van der Waals surface area (Å²) >= 11 is 0. The molecule has 0 amide bonds. The second-order valence-corrected chi connectivity index (χ2v) is 4.21. The van der Waals surface area contributed by atoms with Crippen LogP contribution in [-0.2, 0) is 6.18 Å². The predicted octanol–water partition coefficient (Wildman–Crippen LogP) is 2.66. The summed E-state index contributed by atoms with van der Waals surface area (Å²) in [5.41, 5.74) is 0.131. The van der Waals surface area contributed by atoms with Gasteiger partial charge >= 0.3 is 6.18 Å². The lowest BCUT2D eigenvalue weighted by atomic mass is 10.2. The van der Waals surface area contributed by atoms with E-state index in [1.54, 1.807) is 24.3 Å². The molecule has 0 aliphatic carbocycles. The number of rotatable bonds is 2. The van der Waals surface area contributed by atoms with E-state index < -0.39 is 17.8 Å². The summed E-state index contributed by atoms with van der Waals surface area (Å²) in [6.45, 7) is 0. The Morgan fingerprint density at radius 1 is 1.16 bits per heavy atom. The highest BCUT2D eigenvalue weighted by Crippen LogP contribution is 2.31. The summed E-state index contributed by atoms with van der Waals surface area (Å²) in [5, 5.41) is 12.9. The van der Waals surface area contributed by atoms with E-state index >= 15 is 0 Å². The third kappa shape index (κ3) is 2.64. The van der Waals surface area contributed by atoms with Crippen molar-refractivity contribution in [2.45, 2.75) is 6.18 Å². The zero-order chi connectivity index (χ0) is 14.2. The van der Waals surface area contributed by atoms with Crippen LogP contribution in [0.15, 0.2) is 30.3 Å². The molecule has 0 aliphatic rings. The van der Waals surface area contributed by atoms with Crippen molar-refractivity contribution >= 4 is 5.69 Å². The van der Waals surface area contributed by atoms with E-state index in [2.05, 4.69) is 5.10 Å². The average Bonchev–Trinajstić information content (AvgIpc) is 2.71. The van der Waals surface area contributed by atoms with Crippen molar-refractivity contribution in [2.75, 3.05) is 19.0 Å². The fourth-order valence-electron chi connectivity index (χ4n) is 1.59. The number of aromatic hydroxyl groups is 1. The van der Waals surface area contributed by atoms with E-state index in [0.717, 1.165) is 10.4 Å². The minimum absolute atomic E-state index is 0.360. The quantitative estimate of drug-likeness (QED) is 0.913. The minimum Gasteiger partial charge on any atom is -0.493 e. The molecule has 0 saturated carbocycles. The molecule has 0 aliphatic heterocycles. The number of benzene rings is 1. The Hall–Kier alpha value is -2.18. The molecule has 1 heterocycles. The van der Waals surface area contributed by atoms with Crippen LogP contribution in [0.25, 0.3) is 5.69 Å². The number of halogens is 3. The normalized spacial score (nSPS) is 11.6. The number of nitrogens with zero attached hydrogens (tertiary/aromatic N) is 3. The van der Waals surface area contributed by atoms with Gasteiger partial charge < -0.3 is 10.0 Å². The van der Waals surface area contributed by atoms with Gasteiger partial charge in [-0.3, -0.25) is 0 Å². The Balaban J connectivity index is 2.39. The van der Waals surface area contributed by atoms with Gasteiger partial charge in [0.1, 0.15) is 0 Å². The van der Waals surface area contributed by atoms with Gasteiger partial charge in [0.25, 0.3) is 0 Å². The van der Waals surface area contributed by atoms with Gasteiger partial charge in [0.15, 0.2) is 5.69 Å². The van der Waals surface area contributed by atoms with E-state index in [4.69, 9.17) is 0 Å². The summed E-state index contributed by atoms with van der Waals surface area (Å²) in [6.07, 6.45) is -4.58. The average molecular weight is 271 g/mol. The van der Waals surface area contributed by atoms with Gasteiger partial charge in [-0.2, -0.15) is 18.3 Å². The third-order valence-corrected chi connectivity index (χ3v) is 2.59. The van der Waals surface area contributed by atoms with E-state index in [9.17, 15) is 18.3 Å². The van der Waals surface area contributed by atoms with Crippen LogP contribution in [-0.4, -0.2) is 29.0 Å². The molecule has 7 heteroatoms. The molecule has 0 atom stereocenters. The number of hydrogen-bond acceptors (Lipinski definition) is 3. The highest BCUT2D eigenvalue weighted by molar-refractivity contribution is 5.50. The SMILES string of the molecule is CN(C)c1ccc(-n2nc(C(F)(F)F)cc2O)cc1. The molecule has 0 unspecified atom stereocenters. The molecular formula is C12H12F3N3O. The van der Waals surface area contributed by atoms with Crippen molar-refractivity contribution < 1.29 is 18.3 Å². The molecule has 1 aromatic carbocycles. The molecule has 2 rings (SSSR count). The fourth-order valence-corrected chi connectivity index (χ4v) is 1.59. The zero-order valence-corrected chi connectivity index (χ0v) is 10.3. The Bertz CT molecular complexity index is 573. The van der Waals surface area contributed by atoms with E-state index in [1.807, 2.05) is 19.0 Å². The predicted molar refractivity (Wildman–Crippen MR) is 64.6 cm³/mol. The van der Waals surface area contributed by atoms with Crippen LogP contribution in [0.4, 0.5) is 18.9 Å². The first-order valence-electron chi connectivity index (χ1n) is 5.43. The summed E-state index contributed by atoms with van der Waals surface area (Å²) < 4.78 is 38.3. The van der Waals surface area contributed by atoms with Crippen LogP contribution in [0.2, 0.25) is 0 Å². The largest absolute Gasteiger partial charge is 0.493 e. The Kier molecular flexibility index (Phi) is 3.13. The molecule has 0 radical (unpaired) electrons. The maximum atomic E-state index is 12.5. The second kappa shape index (κ2) is 4.49. The van der Waals surface area contributed by atoms with Gasteiger partial charge in [-0.25, -0.2) is 4.68 Å². The highest BCUT2D eigenvalue weighted by atomic mass is 19.4. The molecule has 0 fully saturated rings. The summed E-state index contributed by atoms with van der Waals surface area (Å²) in [7, 11) is 3.70. The molecular weight excluding hydrogens is 259 g/mol. The fraction of sp³-hybridized carbons (Fsp3) is 0.250. The van der Waals surface area contributed by atoms with Gasteiger partial charge in [-0.1, -0.05) is 0 Å². The van der Waals surface area contributed by atoms with Crippen molar-refractivity contribution in [3.05, 3.63) is 36.0 Å². The van der Waals surface area contributed by atoms with Gasteiger partial charge in [0.05, 0.1) is 5.69 Å². The van der Waals surface area contributed by atoms with Crippen molar-refractivity contribution in [2.24, 2.45) is 0 Å². The third-order valence-electron chi connectivity index (χ3n) is 2.59. The molecule has 102 valence electrons. The highest BCUT2D eigenvalue weighted by Gasteiger charge is 2.35. The molecule has 1 N–H and O–H groups in total. The van der Waals surface area contributed by atoms with Gasteiger partial charge in [0.2, 0.25) is 5.88 Å². The first-order valence-corrected chi connectivity index (χ1v) is 5.43. The first kappa shape index (κ1) is 13.3. The molecule has 1 aromatic heterocycles. The van der Waals surface area contributed by atoms with Crippen LogP contribution >= 0.6 is 0 Å². The van der Waals surface area contributed by atoms with Crippen LogP contribution in [0.5, 0.6) is 5.88 Å². The lowest BCUT2D eigenvalue weighted by molar-refractivity contribution is -0.141. The van der Waals surface area contributed by atoms with Crippen LogP contribution < -0.4 is 4.90 Å². The van der Waals surface area contributed by atoms with Crippen LogP contribution in [0, 0.1) is 0 Å². The van der Waals surface area contributed by atoms with Gasteiger partial charge in [-0.15, -0.1) is 0 Å². The van der Waals surface area contributed by atoms with Crippen molar-refractivity contribution in [3.63, 3.8) is 0 Å². The number of alkyl halides is 3. The summed E-state index contributed by atoms with van der Waals surface area (Å²) in [5.74, 6) is -0.551. The molecule has 2 aromatic rings. The maximum absolute atomic E-state index is 12.5. The molecule has 0 saturated heterocycles. The van der Waals surface area contributed by atoms with E-state index in [-0.39, 0.29) is 0 Å². The standard InChI is InChI=1S/C12H12F3N3O/c1-17(2)8-3-5-9(6-4-8)18-11(19)7-10(16-18)12(13,14)15/h3-7,19H,1-2H3. The number of hydrogen-bond donors (Lipinski definition) is 1. The summed E-state index contributed by atoms with van der Waals surface area (Å²) in [4.78, 5) is 1.86. The van der Waals surface area contributed by atoms with Crippen molar-refractivity contribution in [1.29, 1.82) is 0 Å². The molecule has 0 spiro atoms. The molecule has 4 nitrogen and oxygen atoms in total. The van der Waals surface area contributed by atoms with E-state index in [1.165, 1.54) is 0 Å². The number of anilines is 1. The smallest absolute Gasteiger partial charge is 0.435 e. The molecule has 19 heavy (non-hydrogen) atoms. The Labute approximate surface area is 107 Å². The second-order valence-electron chi connectivity index (χ2n) is 4.21. The van der Waals surface area contributed by atoms with Crippen LogP contribution in [0.3, 0.4) is 0 Å². The zero-order valence-electron chi connectivity index (χ0n) is 10.3. The maximum Gasteiger partial charge on any atom is 0.435 e. The van der Waals surface area contributed by atoms with Crippen LogP contribution in [0.1, 0.15) is 5.69 Å². The summed E-state index contributed by atoms with van der Waals surface area (Å²) in [6, 6.07) is 7.22. The number of aromatic nitrogens is 2. The lowest BCUT2D eigenvalue weighted by Gasteiger charge is -2.12. The van der Waals surface area contributed by atoms with Crippen molar-refractivity contribution in [3.8, 4) is 11.6 Å². The van der Waals surface area contributed by atoms with Gasteiger partial charge in [0, 0.05) is 25.8 Å². The lowest BCUT2D eigenvalue weighted by Crippen LogP contribution is -2.09. The minimum atomic E-state index is -4.58. The van der Waals surface area contributed by atoms with Crippen molar-refractivity contribution in [1.82, 2.24) is 9.78 Å². The monoisotopic (exact) mass is 271 g/mol. The first-order chi connectivity index (χ1) is 8.79. The Morgan fingerprint density at radius 3 is 2.16 bits per heavy atom. The topological polar surface area (TPSA) is 41.3 Å². The van der Waals surface area contributed by atoms with Gasteiger partial charge in [-0.05, 0) is 24.3 Å². The van der Waals surface area contributed by atoms with E-state index in [0.29, 0.717) is 11.8 Å². The molecule has 0 bridgehead atoms. The Morgan fingerprint density at radius 2 is 1.74 bits per heavy atom.